The molecule has 0 amide bonds. The number of hydrogen-bond acceptors (Lipinski definition) is 3. The van der Waals surface area contributed by atoms with Gasteiger partial charge in [-0.3, -0.25) is 0 Å². The quantitative estimate of drug-likeness (QED) is 0.846. The van der Waals surface area contributed by atoms with Gasteiger partial charge in [-0.2, -0.15) is 17.0 Å². The molecule has 1 saturated heterocycles. The van der Waals surface area contributed by atoms with E-state index >= 15 is 0 Å². The molecule has 2 unspecified atom stereocenters. The number of rotatable bonds is 4. The molecule has 19 heavy (non-hydrogen) atoms. The summed E-state index contributed by atoms with van der Waals surface area (Å²) in [5.74, 6) is 0.0957. The molecule has 2 rings (SSSR count). The molecule has 0 aromatic rings. The van der Waals surface area contributed by atoms with Crippen molar-refractivity contribution in [1.82, 2.24) is 8.61 Å². The summed E-state index contributed by atoms with van der Waals surface area (Å²) < 4.78 is 27.9. The van der Waals surface area contributed by atoms with Crippen molar-refractivity contribution in [3.63, 3.8) is 0 Å². The zero-order valence-electron chi connectivity index (χ0n) is 11.8. The molecule has 1 aliphatic heterocycles. The third-order valence-corrected chi connectivity index (χ3v) is 6.35. The summed E-state index contributed by atoms with van der Waals surface area (Å²) in [7, 11) is -1.69. The molecule has 2 atom stereocenters. The van der Waals surface area contributed by atoms with Gasteiger partial charge in [0.2, 0.25) is 0 Å². The predicted molar refractivity (Wildman–Crippen MR) is 74.9 cm³/mol. The highest BCUT2D eigenvalue weighted by Crippen LogP contribution is 2.26. The van der Waals surface area contributed by atoms with Crippen LogP contribution in [0.5, 0.6) is 0 Å². The SMILES string of the molecule is CN(CC1CCCCC1O)S(=O)(=O)N1CCCCC1. The highest BCUT2D eigenvalue weighted by Gasteiger charge is 2.32. The number of aliphatic hydroxyl groups excluding tert-OH is 1. The van der Waals surface area contributed by atoms with Gasteiger partial charge in [0.05, 0.1) is 6.10 Å². The molecule has 6 heteroatoms. The summed E-state index contributed by atoms with van der Waals surface area (Å²) in [6, 6.07) is 0. The zero-order valence-corrected chi connectivity index (χ0v) is 12.6. The Morgan fingerprint density at radius 1 is 1.11 bits per heavy atom. The third-order valence-electron chi connectivity index (χ3n) is 4.40. The summed E-state index contributed by atoms with van der Waals surface area (Å²) in [5, 5.41) is 9.96. The van der Waals surface area contributed by atoms with Crippen molar-refractivity contribution in [2.24, 2.45) is 5.92 Å². The van der Waals surface area contributed by atoms with E-state index in [1.165, 1.54) is 4.31 Å². The van der Waals surface area contributed by atoms with Crippen LogP contribution in [-0.4, -0.2) is 54.9 Å². The average molecular weight is 290 g/mol. The molecule has 0 aromatic heterocycles. The summed E-state index contributed by atoms with van der Waals surface area (Å²) in [6.45, 7) is 1.72. The van der Waals surface area contributed by atoms with Crippen molar-refractivity contribution in [1.29, 1.82) is 0 Å². The molecule has 5 nitrogen and oxygen atoms in total. The lowest BCUT2D eigenvalue weighted by Crippen LogP contribution is -2.47. The molecule has 1 aliphatic carbocycles. The third kappa shape index (κ3) is 3.68. The molecule has 2 fully saturated rings. The van der Waals surface area contributed by atoms with Gasteiger partial charge < -0.3 is 5.11 Å². The zero-order chi connectivity index (χ0) is 13.9. The van der Waals surface area contributed by atoms with E-state index in [1.807, 2.05) is 0 Å². The molecule has 1 heterocycles. The molecule has 2 aliphatic rings. The molecule has 1 saturated carbocycles. The van der Waals surface area contributed by atoms with Crippen LogP contribution in [0, 0.1) is 5.92 Å². The number of piperidine rings is 1. The van der Waals surface area contributed by atoms with Gasteiger partial charge in [-0.15, -0.1) is 0 Å². The van der Waals surface area contributed by atoms with Crippen molar-refractivity contribution in [2.45, 2.75) is 51.0 Å². The lowest BCUT2D eigenvalue weighted by atomic mass is 9.86. The fourth-order valence-corrected chi connectivity index (χ4v) is 4.61. The van der Waals surface area contributed by atoms with Gasteiger partial charge >= 0.3 is 0 Å². The Labute approximate surface area is 116 Å². The molecule has 112 valence electrons. The Kier molecular flexibility index (Phi) is 5.22. The first-order valence-corrected chi connectivity index (χ1v) is 8.81. The minimum atomic E-state index is -3.33. The van der Waals surface area contributed by atoms with Crippen LogP contribution >= 0.6 is 0 Å². The smallest absolute Gasteiger partial charge is 0.281 e. The molecule has 0 bridgehead atoms. The van der Waals surface area contributed by atoms with Crippen molar-refractivity contribution in [2.75, 3.05) is 26.7 Å². The van der Waals surface area contributed by atoms with Gasteiger partial charge in [0.15, 0.2) is 0 Å². The topological polar surface area (TPSA) is 60.9 Å². The molecule has 0 radical (unpaired) electrons. The van der Waals surface area contributed by atoms with Crippen LogP contribution in [-0.2, 0) is 10.2 Å². The Morgan fingerprint density at radius 2 is 1.74 bits per heavy atom. The largest absolute Gasteiger partial charge is 0.393 e. The van der Waals surface area contributed by atoms with Crippen LogP contribution in [0.4, 0.5) is 0 Å². The Hall–Kier alpha value is -0.170. The monoisotopic (exact) mass is 290 g/mol. The molecule has 1 N–H and O–H groups in total. The van der Waals surface area contributed by atoms with Crippen LogP contribution in [0.15, 0.2) is 0 Å². The van der Waals surface area contributed by atoms with E-state index in [0.29, 0.717) is 19.6 Å². The van der Waals surface area contributed by atoms with E-state index in [4.69, 9.17) is 0 Å². The van der Waals surface area contributed by atoms with Gasteiger partial charge in [-0.1, -0.05) is 19.3 Å². The van der Waals surface area contributed by atoms with Crippen molar-refractivity contribution >= 4 is 10.2 Å². The number of nitrogens with zero attached hydrogens (tertiary/aromatic N) is 2. The fourth-order valence-electron chi connectivity index (χ4n) is 3.12. The van der Waals surface area contributed by atoms with Crippen LogP contribution in [0.1, 0.15) is 44.9 Å². The van der Waals surface area contributed by atoms with Gasteiger partial charge in [0.25, 0.3) is 10.2 Å². The molecule has 0 aromatic carbocycles. The lowest BCUT2D eigenvalue weighted by molar-refractivity contribution is 0.0612. The average Bonchev–Trinajstić information content (AvgIpc) is 2.42. The Morgan fingerprint density at radius 3 is 2.37 bits per heavy atom. The minimum absolute atomic E-state index is 0.0957. The van der Waals surface area contributed by atoms with E-state index < -0.39 is 10.2 Å². The molecular formula is C13H26N2O3S. The molecular weight excluding hydrogens is 264 g/mol. The maximum atomic E-state index is 12.4. The highest BCUT2D eigenvalue weighted by atomic mass is 32.2. The van der Waals surface area contributed by atoms with Crippen molar-refractivity contribution in [3.05, 3.63) is 0 Å². The van der Waals surface area contributed by atoms with Crippen LogP contribution in [0.25, 0.3) is 0 Å². The van der Waals surface area contributed by atoms with Crippen LogP contribution in [0.2, 0.25) is 0 Å². The fraction of sp³-hybridized carbons (Fsp3) is 1.00. The van der Waals surface area contributed by atoms with Gasteiger partial charge in [0.1, 0.15) is 0 Å². The number of aliphatic hydroxyl groups is 1. The van der Waals surface area contributed by atoms with E-state index in [2.05, 4.69) is 0 Å². The highest BCUT2D eigenvalue weighted by molar-refractivity contribution is 7.86. The summed E-state index contributed by atoms with van der Waals surface area (Å²) in [4.78, 5) is 0. The first kappa shape index (κ1) is 15.2. The first-order chi connectivity index (χ1) is 9.01. The van der Waals surface area contributed by atoms with Gasteiger partial charge in [-0.25, -0.2) is 0 Å². The standard InChI is InChI=1S/C13H26N2O3S/c1-14(11-12-7-3-4-8-13(12)16)19(17,18)15-9-5-2-6-10-15/h12-13,16H,2-11H2,1H3. The normalized spacial score (nSPS) is 30.7. The van der Waals surface area contributed by atoms with Gasteiger partial charge in [-0.05, 0) is 31.6 Å². The maximum Gasteiger partial charge on any atom is 0.281 e. The predicted octanol–water partition coefficient (Wildman–Crippen LogP) is 1.20. The van der Waals surface area contributed by atoms with Crippen molar-refractivity contribution in [3.8, 4) is 0 Å². The maximum absolute atomic E-state index is 12.4. The second kappa shape index (κ2) is 6.52. The lowest BCUT2D eigenvalue weighted by Gasteiger charge is -2.34. The summed E-state index contributed by atoms with van der Waals surface area (Å²) in [5.41, 5.74) is 0. The van der Waals surface area contributed by atoms with Crippen LogP contribution < -0.4 is 0 Å². The summed E-state index contributed by atoms with van der Waals surface area (Å²) >= 11 is 0. The Bertz CT molecular complexity index is 379. The van der Waals surface area contributed by atoms with E-state index in [1.54, 1.807) is 11.4 Å². The van der Waals surface area contributed by atoms with Gasteiger partial charge in [0, 0.05) is 26.7 Å². The van der Waals surface area contributed by atoms with Crippen LogP contribution in [0.3, 0.4) is 0 Å². The summed E-state index contributed by atoms with van der Waals surface area (Å²) in [6.07, 6.45) is 6.59. The minimum Gasteiger partial charge on any atom is -0.393 e. The second-order valence-electron chi connectivity index (χ2n) is 5.86. The van der Waals surface area contributed by atoms with Crippen molar-refractivity contribution < 1.29 is 13.5 Å². The molecule has 0 spiro atoms. The second-order valence-corrected chi connectivity index (χ2v) is 7.90. The van der Waals surface area contributed by atoms with E-state index in [0.717, 1.165) is 44.9 Å². The Balaban J connectivity index is 1.95. The number of hydrogen-bond donors (Lipinski definition) is 1. The first-order valence-electron chi connectivity index (χ1n) is 7.41. The van der Waals surface area contributed by atoms with E-state index in [9.17, 15) is 13.5 Å². The van der Waals surface area contributed by atoms with E-state index in [-0.39, 0.29) is 12.0 Å².